The highest BCUT2D eigenvalue weighted by atomic mass is 19.1. The Morgan fingerprint density at radius 1 is 1.50 bits per heavy atom. The van der Waals surface area contributed by atoms with E-state index in [1.54, 1.807) is 6.92 Å². The van der Waals surface area contributed by atoms with Crippen molar-refractivity contribution in [1.82, 2.24) is 5.32 Å². The van der Waals surface area contributed by atoms with Crippen LogP contribution >= 0.6 is 0 Å². The van der Waals surface area contributed by atoms with Crippen molar-refractivity contribution >= 4 is 5.91 Å². The van der Waals surface area contributed by atoms with Gasteiger partial charge in [-0.25, -0.2) is 4.39 Å². The topological polar surface area (TPSA) is 58.6 Å². The van der Waals surface area contributed by atoms with Gasteiger partial charge in [0.2, 0.25) is 0 Å². The molecule has 1 amide bonds. The lowest BCUT2D eigenvalue weighted by atomic mass is 10.0. The summed E-state index contributed by atoms with van der Waals surface area (Å²) in [6, 6.07) is 3.86. The van der Waals surface area contributed by atoms with Crippen molar-refractivity contribution in [1.29, 1.82) is 0 Å². The Morgan fingerprint density at radius 3 is 2.70 bits per heavy atom. The van der Waals surface area contributed by atoms with Gasteiger partial charge in [-0.1, -0.05) is 6.92 Å². The van der Waals surface area contributed by atoms with E-state index < -0.39 is 11.9 Å². The minimum atomic E-state index is -0.791. The molecule has 112 valence electrons. The Hall–Kier alpha value is -1.62. The summed E-state index contributed by atoms with van der Waals surface area (Å²) in [6.45, 7) is 7.13. The van der Waals surface area contributed by atoms with Gasteiger partial charge in [0.05, 0.1) is 6.10 Å². The average molecular weight is 283 g/mol. The van der Waals surface area contributed by atoms with E-state index >= 15 is 0 Å². The van der Waals surface area contributed by atoms with Crippen molar-refractivity contribution in [3.05, 3.63) is 29.6 Å². The molecule has 0 saturated carbocycles. The molecule has 1 aromatic carbocycles. The molecule has 20 heavy (non-hydrogen) atoms. The van der Waals surface area contributed by atoms with Gasteiger partial charge in [0, 0.05) is 17.2 Å². The van der Waals surface area contributed by atoms with Gasteiger partial charge < -0.3 is 15.2 Å². The summed E-state index contributed by atoms with van der Waals surface area (Å²) < 4.78 is 18.5. The Bertz CT molecular complexity index is 472. The second-order valence-electron chi connectivity index (χ2n) is 5.43. The predicted molar refractivity (Wildman–Crippen MR) is 75.0 cm³/mol. The number of aliphatic hydroxyl groups excluding tert-OH is 1. The normalized spacial score (nSPS) is 12.9. The van der Waals surface area contributed by atoms with Gasteiger partial charge in [-0.2, -0.15) is 0 Å². The quantitative estimate of drug-likeness (QED) is 0.843. The number of hydrogen-bond acceptors (Lipinski definition) is 3. The standard InChI is InChI=1S/C15H22FNO3/c1-5-15(3,4)17-14(19)9-20-13-8-11(16)6-7-12(13)10(2)18/h6-8,10,18H,5,9H2,1-4H3,(H,17,19)/t10-/m0/s1. The van der Waals surface area contributed by atoms with E-state index in [1.807, 2.05) is 20.8 Å². The molecule has 0 bridgehead atoms. The Kier molecular flexibility index (Phi) is 5.51. The van der Waals surface area contributed by atoms with E-state index in [0.29, 0.717) is 5.56 Å². The van der Waals surface area contributed by atoms with Crippen LogP contribution in [0.3, 0.4) is 0 Å². The van der Waals surface area contributed by atoms with Crippen LogP contribution in [-0.2, 0) is 4.79 Å². The molecule has 1 aromatic rings. The molecule has 1 atom stereocenters. The molecule has 0 aliphatic carbocycles. The maximum atomic E-state index is 13.2. The van der Waals surface area contributed by atoms with Crippen molar-refractivity contribution in [3.63, 3.8) is 0 Å². The molecule has 0 radical (unpaired) electrons. The number of carbonyl (C=O) groups excluding carboxylic acids is 1. The van der Waals surface area contributed by atoms with E-state index in [9.17, 15) is 14.3 Å². The van der Waals surface area contributed by atoms with Crippen LogP contribution < -0.4 is 10.1 Å². The minimum absolute atomic E-state index is 0.185. The first kappa shape index (κ1) is 16.4. The number of ether oxygens (including phenoxy) is 1. The van der Waals surface area contributed by atoms with Crippen molar-refractivity contribution < 1.29 is 19.0 Å². The first-order valence-corrected chi connectivity index (χ1v) is 6.66. The van der Waals surface area contributed by atoms with Crippen LogP contribution in [0.2, 0.25) is 0 Å². The van der Waals surface area contributed by atoms with Gasteiger partial charge in [0.25, 0.3) is 5.91 Å². The largest absolute Gasteiger partial charge is 0.483 e. The van der Waals surface area contributed by atoms with Crippen LogP contribution in [0.15, 0.2) is 18.2 Å². The molecule has 5 heteroatoms. The molecule has 0 fully saturated rings. The van der Waals surface area contributed by atoms with Gasteiger partial charge in [-0.05, 0) is 39.3 Å². The lowest BCUT2D eigenvalue weighted by Gasteiger charge is -2.24. The fraction of sp³-hybridized carbons (Fsp3) is 0.533. The van der Waals surface area contributed by atoms with Crippen LogP contribution in [0.1, 0.15) is 45.8 Å². The summed E-state index contributed by atoms with van der Waals surface area (Å²) in [6.07, 6.45) is -0.00166. The fourth-order valence-electron chi connectivity index (χ4n) is 1.62. The second kappa shape index (κ2) is 6.70. The average Bonchev–Trinajstić information content (AvgIpc) is 2.35. The zero-order chi connectivity index (χ0) is 15.3. The van der Waals surface area contributed by atoms with Crippen molar-refractivity contribution in [2.75, 3.05) is 6.61 Å². The van der Waals surface area contributed by atoms with Crippen molar-refractivity contribution in [2.24, 2.45) is 0 Å². The summed E-state index contributed by atoms with van der Waals surface area (Å²) >= 11 is 0. The lowest BCUT2D eigenvalue weighted by Crippen LogP contribution is -2.44. The maximum Gasteiger partial charge on any atom is 0.258 e. The van der Waals surface area contributed by atoms with Crippen LogP contribution in [0.25, 0.3) is 0 Å². The Balaban J connectivity index is 2.70. The number of benzene rings is 1. The lowest BCUT2D eigenvalue weighted by molar-refractivity contribution is -0.124. The number of hydrogen-bond donors (Lipinski definition) is 2. The number of rotatable bonds is 6. The Morgan fingerprint density at radius 2 is 2.15 bits per heavy atom. The summed E-state index contributed by atoms with van der Waals surface area (Å²) in [5.74, 6) is -0.569. The molecular weight excluding hydrogens is 261 g/mol. The van der Waals surface area contributed by atoms with Crippen molar-refractivity contribution in [2.45, 2.75) is 45.8 Å². The molecule has 2 N–H and O–H groups in total. The molecule has 0 aliphatic rings. The van der Waals surface area contributed by atoms with Crippen LogP contribution in [0.5, 0.6) is 5.75 Å². The Labute approximate surface area is 119 Å². The summed E-state index contributed by atoms with van der Waals surface area (Å²) in [7, 11) is 0. The van der Waals surface area contributed by atoms with Gasteiger partial charge in [-0.3, -0.25) is 4.79 Å². The number of carbonyl (C=O) groups is 1. The molecule has 0 spiro atoms. The van der Waals surface area contributed by atoms with Crippen molar-refractivity contribution in [3.8, 4) is 5.75 Å². The van der Waals surface area contributed by atoms with E-state index in [4.69, 9.17) is 4.74 Å². The smallest absolute Gasteiger partial charge is 0.258 e. The third kappa shape index (κ3) is 4.81. The first-order chi connectivity index (χ1) is 9.25. The van der Waals surface area contributed by atoms with Gasteiger partial charge in [-0.15, -0.1) is 0 Å². The highest BCUT2D eigenvalue weighted by Gasteiger charge is 2.18. The third-order valence-corrected chi connectivity index (χ3v) is 3.15. The third-order valence-electron chi connectivity index (χ3n) is 3.15. The first-order valence-electron chi connectivity index (χ1n) is 6.66. The van der Waals surface area contributed by atoms with Gasteiger partial charge >= 0.3 is 0 Å². The number of aliphatic hydroxyl groups is 1. The number of nitrogens with one attached hydrogen (secondary N) is 1. The van der Waals surface area contributed by atoms with Gasteiger partial charge in [0.15, 0.2) is 6.61 Å². The zero-order valence-corrected chi connectivity index (χ0v) is 12.4. The summed E-state index contributed by atoms with van der Waals surface area (Å²) in [5.41, 5.74) is 0.143. The fourth-order valence-corrected chi connectivity index (χ4v) is 1.62. The SMILES string of the molecule is CCC(C)(C)NC(=O)COc1cc(F)ccc1[C@H](C)O. The molecule has 0 aromatic heterocycles. The molecule has 0 heterocycles. The highest BCUT2D eigenvalue weighted by molar-refractivity contribution is 5.78. The maximum absolute atomic E-state index is 13.2. The molecule has 4 nitrogen and oxygen atoms in total. The minimum Gasteiger partial charge on any atom is -0.483 e. The zero-order valence-electron chi connectivity index (χ0n) is 12.4. The highest BCUT2D eigenvalue weighted by Crippen LogP contribution is 2.25. The van der Waals surface area contributed by atoms with E-state index in [1.165, 1.54) is 18.2 Å². The van der Waals surface area contributed by atoms with Crippen LogP contribution in [-0.4, -0.2) is 23.2 Å². The van der Waals surface area contributed by atoms with E-state index in [-0.39, 0.29) is 23.8 Å². The molecule has 0 aliphatic heterocycles. The van der Waals surface area contributed by atoms with E-state index in [2.05, 4.69) is 5.32 Å². The van der Waals surface area contributed by atoms with Gasteiger partial charge in [0.1, 0.15) is 11.6 Å². The van der Waals surface area contributed by atoms with Crippen LogP contribution in [0.4, 0.5) is 4.39 Å². The monoisotopic (exact) mass is 283 g/mol. The summed E-state index contributed by atoms with van der Waals surface area (Å²) in [4.78, 5) is 11.8. The molecule has 1 rings (SSSR count). The molecule has 0 saturated heterocycles. The van der Waals surface area contributed by atoms with Crippen LogP contribution in [0, 0.1) is 5.82 Å². The number of amides is 1. The second-order valence-corrected chi connectivity index (χ2v) is 5.43. The summed E-state index contributed by atoms with van der Waals surface area (Å²) in [5, 5.41) is 12.4. The van der Waals surface area contributed by atoms with E-state index in [0.717, 1.165) is 6.42 Å². The number of halogens is 1. The molecular formula is C15H22FNO3. The molecule has 0 unspecified atom stereocenters. The predicted octanol–water partition coefficient (Wildman–Crippen LogP) is 2.56.